The molecule has 1 aliphatic carbocycles. The summed E-state index contributed by atoms with van der Waals surface area (Å²) in [6.45, 7) is 3.98. The average Bonchev–Trinajstić information content (AvgIpc) is 2.83. The van der Waals surface area contributed by atoms with Gasteiger partial charge in [0.1, 0.15) is 5.75 Å². The maximum Gasteiger partial charge on any atom is 0.235 e. The molecule has 0 heterocycles. The Bertz CT molecular complexity index is 542. The van der Waals surface area contributed by atoms with Crippen molar-refractivity contribution in [3.8, 4) is 5.75 Å². The topological polar surface area (TPSA) is 38.7 Å². The van der Waals surface area contributed by atoms with Crippen molar-refractivity contribution >= 4 is 17.7 Å². The third kappa shape index (κ3) is 2.29. The molecule has 102 valence electrons. The SMILES string of the molecule is COc1cc(C)c(C2(N=C=O)CCCC2)c(C)c1Cl. The highest BCUT2D eigenvalue weighted by atomic mass is 35.5. The lowest BCUT2D eigenvalue weighted by molar-refractivity contribution is 0.411. The van der Waals surface area contributed by atoms with Crippen molar-refractivity contribution in [2.24, 2.45) is 4.99 Å². The molecule has 1 fully saturated rings. The zero-order chi connectivity index (χ0) is 14.0. The number of aryl methyl sites for hydroxylation is 1. The summed E-state index contributed by atoms with van der Waals surface area (Å²) in [6.07, 6.45) is 5.67. The lowest BCUT2D eigenvalue weighted by Crippen LogP contribution is -2.22. The number of carbonyl (C=O) groups excluding carboxylic acids is 1. The number of methoxy groups -OCH3 is 1. The lowest BCUT2D eigenvalue weighted by atomic mass is 9.82. The van der Waals surface area contributed by atoms with E-state index in [-0.39, 0.29) is 0 Å². The second kappa shape index (κ2) is 5.36. The zero-order valence-corrected chi connectivity index (χ0v) is 12.3. The van der Waals surface area contributed by atoms with E-state index >= 15 is 0 Å². The van der Waals surface area contributed by atoms with Crippen LogP contribution in [0.3, 0.4) is 0 Å². The van der Waals surface area contributed by atoms with E-state index in [2.05, 4.69) is 4.99 Å². The average molecular weight is 280 g/mol. The minimum Gasteiger partial charge on any atom is -0.495 e. The number of isocyanates is 1. The van der Waals surface area contributed by atoms with Crippen molar-refractivity contribution in [1.29, 1.82) is 0 Å². The molecule has 1 aromatic carbocycles. The summed E-state index contributed by atoms with van der Waals surface area (Å²) in [5.74, 6) is 0.670. The molecule has 0 spiro atoms. The van der Waals surface area contributed by atoms with Gasteiger partial charge < -0.3 is 4.74 Å². The molecule has 0 bridgehead atoms. The van der Waals surface area contributed by atoms with Crippen LogP contribution in [0.4, 0.5) is 0 Å². The number of rotatable bonds is 3. The molecule has 0 aromatic heterocycles. The van der Waals surface area contributed by atoms with E-state index in [9.17, 15) is 4.79 Å². The highest BCUT2D eigenvalue weighted by Gasteiger charge is 2.38. The van der Waals surface area contributed by atoms with E-state index in [1.807, 2.05) is 19.9 Å². The summed E-state index contributed by atoms with van der Waals surface area (Å²) in [5.41, 5.74) is 2.66. The van der Waals surface area contributed by atoms with E-state index in [4.69, 9.17) is 16.3 Å². The fourth-order valence-electron chi connectivity index (χ4n) is 3.25. The molecule has 3 nitrogen and oxygen atoms in total. The van der Waals surface area contributed by atoms with E-state index in [1.54, 1.807) is 13.2 Å². The third-order valence-electron chi connectivity index (χ3n) is 4.04. The van der Waals surface area contributed by atoms with Crippen LogP contribution >= 0.6 is 11.6 Å². The normalized spacial score (nSPS) is 17.1. The first kappa shape index (κ1) is 14.1. The highest BCUT2D eigenvalue weighted by Crippen LogP contribution is 2.47. The predicted octanol–water partition coefficient (Wildman–Crippen LogP) is 4.07. The van der Waals surface area contributed by atoms with Gasteiger partial charge in [-0.15, -0.1) is 0 Å². The number of nitrogens with zero attached hydrogens (tertiary/aromatic N) is 1. The largest absolute Gasteiger partial charge is 0.495 e. The van der Waals surface area contributed by atoms with Gasteiger partial charge in [0.25, 0.3) is 0 Å². The molecule has 1 saturated carbocycles. The van der Waals surface area contributed by atoms with Gasteiger partial charge in [-0.25, -0.2) is 4.79 Å². The van der Waals surface area contributed by atoms with Crippen molar-refractivity contribution in [3.05, 3.63) is 27.8 Å². The van der Waals surface area contributed by atoms with Crippen molar-refractivity contribution < 1.29 is 9.53 Å². The van der Waals surface area contributed by atoms with Crippen molar-refractivity contribution in [1.82, 2.24) is 0 Å². The van der Waals surface area contributed by atoms with Gasteiger partial charge >= 0.3 is 0 Å². The van der Waals surface area contributed by atoms with Gasteiger partial charge in [0, 0.05) is 0 Å². The van der Waals surface area contributed by atoms with Gasteiger partial charge in [0.2, 0.25) is 6.08 Å². The van der Waals surface area contributed by atoms with Gasteiger partial charge in [0.15, 0.2) is 0 Å². The Morgan fingerprint density at radius 3 is 2.53 bits per heavy atom. The van der Waals surface area contributed by atoms with Crippen LogP contribution in [-0.2, 0) is 10.3 Å². The first-order chi connectivity index (χ1) is 9.05. The maximum atomic E-state index is 10.8. The Hall–Kier alpha value is -1.31. The van der Waals surface area contributed by atoms with Crippen molar-refractivity contribution in [2.45, 2.75) is 45.1 Å². The van der Waals surface area contributed by atoms with Crippen LogP contribution in [-0.4, -0.2) is 13.2 Å². The fourth-order valence-corrected chi connectivity index (χ4v) is 3.48. The van der Waals surface area contributed by atoms with Crippen LogP contribution in [0.15, 0.2) is 11.1 Å². The van der Waals surface area contributed by atoms with Crippen molar-refractivity contribution in [2.75, 3.05) is 7.11 Å². The van der Waals surface area contributed by atoms with Crippen LogP contribution in [0, 0.1) is 13.8 Å². The molecule has 1 aliphatic rings. The summed E-state index contributed by atoms with van der Waals surface area (Å²) in [4.78, 5) is 15.0. The summed E-state index contributed by atoms with van der Waals surface area (Å²) in [5, 5.41) is 0.607. The standard InChI is InChI=1S/C15H18ClNO2/c1-10-8-12(19-3)14(16)11(2)13(10)15(17-9-18)6-4-5-7-15/h8H,4-7H2,1-3H3. The maximum absolute atomic E-state index is 10.8. The second-order valence-electron chi connectivity index (χ2n) is 5.15. The van der Waals surface area contributed by atoms with Crippen LogP contribution in [0.1, 0.15) is 42.4 Å². The molecule has 0 atom stereocenters. The molecule has 0 unspecified atom stereocenters. The van der Waals surface area contributed by atoms with E-state index in [0.717, 1.165) is 42.4 Å². The number of halogens is 1. The minimum atomic E-state index is -0.439. The van der Waals surface area contributed by atoms with Crippen LogP contribution < -0.4 is 4.74 Å². The molecule has 2 rings (SSSR count). The molecule has 0 saturated heterocycles. The van der Waals surface area contributed by atoms with Gasteiger partial charge in [-0.2, -0.15) is 4.99 Å². The quantitative estimate of drug-likeness (QED) is 0.618. The third-order valence-corrected chi connectivity index (χ3v) is 4.51. The number of ether oxygens (including phenoxy) is 1. The Morgan fingerprint density at radius 1 is 1.37 bits per heavy atom. The van der Waals surface area contributed by atoms with Gasteiger partial charge in [-0.1, -0.05) is 24.4 Å². The molecule has 0 radical (unpaired) electrons. The second-order valence-corrected chi connectivity index (χ2v) is 5.53. The Balaban J connectivity index is 2.67. The molecule has 4 heteroatoms. The zero-order valence-electron chi connectivity index (χ0n) is 11.5. The molecule has 0 amide bonds. The summed E-state index contributed by atoms with van der Waals surface area (Å²) < 4.78 is 5.28. The van der Waals surface area contributed by atoms with Crippen LogP contribution in [0.25, 0.3) is 0 Å². The molecular formula is C15H18ClNO2. The van der Waals surface area contributed by atoms with Gasteiger partial charge in [0.05, 0.1) is 17.7 Å². The van der Waals surface area contributed by atoms with E-state index in [0.29, 0.717) is 10.8 Å². The number of benzene rings is 1. The van der Waals surface area contributed by atoms with Gasteiger partial charge in [-0.3, -0.25) is 0 Å². The van der Waals surface area contributed by atoms with Crippen molar-refractivity contribution in [3.63, 3.8) is 0 Å². The van der Waals surface area contributed by atoms with E-state index in [1.165, 1.54) is 0 Å². The smallest absolute Gasteiger partial charge is 0.235 e. The van der Waals surface area contributed by atoms with E-state index < -0.39 is 5.54 Å². The monoisotopic (exact) mass is 279 g/mol. The lowest BCUT2D eigenvalue weighted by Gasteiger charge is -2.28. The molecule has 1 aromatic rings. The van der Waals surface area contributed by atoms with Crippen LogP contribution in [0.5, 0.6) is 5.75 Å². The molecule has 19 heavy (non-hydrogen) atoms. The highest BCUT2D eigenvalue weighted by molar-refractivity contribution is 6.33. The molecular weight excluding hydrogens is 262 g/mol. The number of hydrogen-bond acceptors (Lipinski definition) is 3. The minimum absolute atomic E-state index is 0.439. The summed E-state index contributed by atoms with van der Waals surface area (Å²) in [7, 11) is 1.61. The molecule has 0 aliphatic heterocycles. The Kier molecular flexibility index (Phi) is 3.98. The first-order valence-electron chi connectivity index (χ1n) is 6.49. The number of hydrogen-bond donors (Lipinski definition) is 0. The van der Waals surface area contributed by atoms with Gasteiger partial charge in [-0.05, 0) is 49.4 Å². The summed E-state index contributed by atoms with van der Waals surface area (Å²) in [6, 6.07) is 1.92. The van der Waals surface area contributed by atoms with Crippen LogP contribution in [0.2, 0.25) is 5.02 Å². The Morgan fingerprint density at radius 2 is 2.00 bits per heavy atom. The number of aliphatic imine (C=N–C) groups is 1. The Labute approximate surface area is 118 Å². The predicted molar refractivity (Wildman–Crippen MR) is 75.7 cm³/mol. The summed E-state index contributed by atoms with van der Waals surface area (Å²) >= 11 is 6.35. The fraction of sp³-hybridized carbons (Fsp3) is 0.533. The molecule has 0 N–H and O–H groups in total. The first-order valence-corrected chi connectivity index (χ1v) is 6.87.